The zero-order valence-corrected chi connectivity index (χ0v) is 14.9. The van der Waals surface area contributed by atoms with E-state index in [1.165, 1.54) is 22.7 Å². The third-order valence-electron chi connectivity index (χ3n) is 4.25. The van der Waals surface area contributed by atoms with Crippen molar-refractivity contribution in [2.24, 2.45) is 0 Å². The maximum atomic E-state index is 12.5. The van der Waals surface area contributed by atoms with Crippen LogP contribution in [0.4, 0.5) is 18.9 Å². The summed E-state index contributed by atoms with van der Waals surface area (Å²) in [6.45, 7) is 2.40. The molecule has 0 bridgehead atoms. The molecule has 0 aliphatic carbocycles. The Morgan fingerprint density at radius 3 is 2.81 bits per heavy atom. The van der Waals surface area contributed by atoms with Gasteiger partial charge in [-0.15, -0.1) is 28.5 Å². The average Bonchev–Trinajstić information content (AvgIpc) is 3.00. The Labute approximate surface area is 156 Å². The van der Waals surface area contributed by atoms with Gasteiger partial charge in [0, 0.05) is 12.6 Å². The Hall–Kier alpha value is -2.75. The minimum Gasteiger partial charge on any atom is -0.485 e. The topological polar surface area (TPSA) is 64.8 Å². The minimum atomic E-state index is -4.79. The van der Waals surface area contributed by atoms with E-state index in [1.807, 2.05) is 18.9 Å². The summed E-state index contributed by atoms with van der Waals surface area (Å²) in [6, 6.07) is 5.49. The molecule has 2 aromatic heterocycles. The predicted octanol–water partition coefficient (Wildman–Crippen LogP) is 3.56. The maximum absolute atomic E-state index is 12.5. The summed E-state index contributed by atoms with van der Waals surface area (Å²) < 4.78 is 48.5. The Morgan fingerprint density at radius 1 is 1.30 bits per heavy atom. The summed E-state index contributed by atoms with van der Waals surface area (Å²) in [5.74, 6) is 0.273. The van der Waals surface area contributed by atoms with E-state index in [2.05, 4.69) is 20.0 Å². The molecule has 0 fully saturated rings. The van der Waals surface area contributed by atoms with Crippen LogP contribution >= 0.6 is 11.6 Å². The molecule has 4 rings (SSSR count). The third-order valence-corrected chi connectivity index (χ3v) is 4.51. The van der Waals surface area contributed by atoms with Gasteiger partial charge in [-0.3, -0.25) is 0 Å². The Morgan fingerprint density at radius 2 is 2.07 bits per heavy atom. The van der Waals surface area contributed by atoms with Gasteiger partial charge in [0.1, 0.15) is 18.0 Å². The third kappa shape index (κ3) is 3.09. The number of ether oxygens (including phenoxy) is 2. The van der Waals surface area contributed by atoms with Crippen molar-refractivity contribution >= 4 is 22.9 Å². The van der Waals surface area contributed by atoms with Crippen LogP contribution in [0.2, 0.25) is 5.15 Å². The van der Waals surface area contributed by atoms with Crippen molar-refractivity contribution in [3.8, 4) is 22.9 Å². The number of likely N-dealkylation sites (N-methyl/N-ethyl adjacent to an activating group) is 1. The molecule has 1 unspecified atom stereocenters. The van der Waals surface area contributed by atoms with Crippen LogP contribution in [0, 0.1) is 0 Å². The Balaban J connectivity index is 1.84. The van der Waals surface area contributed by atoms with Crippen molar-refractivity contribution in [1.82, 2.24) is 19.8 Å². The van der Waals surface area contributed by atoms with Gasteiger partial charge in [0.05, 0.1) is 6.04 Å². The molecule has 0 saturated heterocycles. The van der Waals surface area contributed by atoms with Gasteiger partial charge in [-0.1, -0.05) is 23.7 Å². The fraction of sp³-hybridized carbons (Fsp3) is 0.312. The molecular weight excluding hydrogens is 387 g/mol. The highest BCUT2D eigenvalue weighted by Gasteiger charge is 2.32. The number of aromatic nitrogens is 4. The predicted molar refractivity (Wildman–Crippen MR) is 91.3 cm³/mol. The van der Waals surface area contributed by atoms with Gasteiger partial charge >= 0.3 is 6.36 Å². The van der Waals surface area contributed by atoms with Crippen LogP contribution in [0.5, 0.6) is 11.5 Å². The lowest BCUT2D eigenvalue weighted by atomic mass is 10.2. The van der Waals surface area contributed by atoms with E-state index in [4.69, 9.17) is 16.3 Å². The van der Waals surface area contributed by atoms with Crippen molar-refractivity contribution in [3.05, 3.63) is 29.4 Å². The first-order valence-corrected chi connectivity index (χ1v) is 8.29. The molecule has 0 saturated carbocycles. The lowest BCUT2D eigenvalue weighted by Crippen LogP contribution is -2.38. The molecule has 1 aliphatic heterocycles. The molecule has 0 spiro atoms. The molecule has 0 N–H and O–H groups in total. The highest BCUT2D eigenvalue weighted by Crippen LogP contribution is 2.41. The Kier molecular flexibility index (Phi) is 4.02. The van der Waals surface area contributed by atoms with Gasteiger partial charge < -0.3 is 14.4 Å². The van der Waals surface area contributed by atoms with Gasteiger partial charge in [-0.25, -0.2) is 0 Å². The summed E-state index contributed by atoms with van der Waals surface area (Å²) >= 11 is 6.33. The van der Waals surface area contributed by atoms with Crippen LogP contribution in [0.25, 0.3) is 17.0 Å². The molecule has 7 nitrogen and oxygen atoms in total. The van der Waals surface area contributed by atoms with Gasteiger partial charge in [0.2, 0.25) is 5.65 Å². The van der Waals surface area contributed by atoms with Gasteiger partial charge in [-0.2, -0.15) is 4.52 Å². The molecule has 1 aliphatic rings. The van der Waals surface area contributed by atoms with E-state index in [-0.39, 0.29) is 22.8 Å². The van der Waals surface area contributed by atoms with E-state index in [9.17, 15) is 13.2 Å². The number of benzene rings is 1. The quantitative estimate of drug-likeness (QED) is 0.656. The second-order valence-corrected chi connectivity index (χ2v) is 6.43. The largest absolute Gasteiger partial charge is 0.573 e. The first-order chi connectivity index (χ1) is 12.7. The number of fused-ring (bicyclic) bond motifs is 3. The summed E-state index contributed by atoms with van der Waals surface area (Å²) in [7, 11) is 1.87. The average molecular weight is 400 g/mol. The highest BCUT2D eigenvalue weighted by atomic mass is 35.5. The van der Waals surface area contributed by atoms with Gasteiger partial charge in [0.25, 0.3) is 0 Å². The molecule has 3 heterocycles. The first kappa shape index (κ1) is 17.7. The van der Waals surface area contributed by atoms with Crippen LogP contribution in [0.15, 0.2) is 24.3 Å². The fourth-order valence-electron chi connectivity index (χ4n) is 2.84. The van der Waals surface area contributed by atoms with Crippen LogP contribution in [-0.2, 0) is 0 Å². The van der Waals surface area contributed by atoms with E-state index < -0.39 is 6.36 Å². The molecule has 1 aromatic carbocycles. The van der Waals surface area contributed by atoms with Crippen molar-refractivity contribution in [3.63, 3.8) is 0 Å². The summed E-state index contributed by atoms with van der Waals surface area (Å²) in [5.41, 5.74) is 1.26. The van der Waals surface area contributed by atoms with Crippen LogP contribution < -0.4 is 14.4 Å². The van der Waals surface area contributed by atoms with Crippen LogP contribution in [0.3, 0.4) is 0 Å². The van der Waals surface area contributed by atoms with Crippen molar-refractivity contribution < 1.29 is 22.6 Å². The molecule has 1 atom stereocenters. The number of nitrogens with zero attached hydrogens (tertiary/aromatic N) is 5. The summed E-state index contributed by atoms with van der Waals surface area (Å²) in [5, 5.41) is 12.6. The number of hydrogen-bond acceptors (Lipinski definition) is 6. The number of alkyl halides is 3. The zero-order chi connectivity index (χ0) is 19.3. The second-order valence-electron chi connectivity index (χ2n) is 6.07. The normalized spacial score (nSPS) is 17.0. The van der Waals surface area contributed by atoms with Crippen molar-refractivity contribution in [2.75, 3.05) is 18.6 Å². The number of halogens is 4. The summed E-state index contributed by atoms with van der Waals surface area (Å²) in [4.78, 5) is 1.93. The van der Waals surface area contributed by atoms with E-state index in [1.54, 1.807) is 6.07 Å². The second kappa shape index (κ2) is 6.15. The monoisotopic (exact) mass is 399 g/mol. The summed E-state index contributed by atoms with van der Waals surface area (Å²) in [6.07, 6.45) is -4.79. The number of rotatable bonds is 2. The minimum absolute atomic E-state index is 0.0952. The molecule has 0 radical (unpaired) electrons. The smallest absolute Gasteiger partial charge is 0.485 e. The van der Waals surface area contributed by atoms with E-state index in [0.29, 0.717) is 29.3 Å². The molecule has 142 valence electrons. The molecule has 11 heteroatoms. The van der Waals surface area contributed by atoms with Crippen LogP contribution in [-0.4, -0.2) is 45.9 Å². The zero-order valence-electron chi connectivity index (χ0n) is 14.2. The van der Waals surface area contributed by atoms with Crippen molar-refractivity contribution in [2.45, 2.75) is 19.3 Å². The van der Waals surface area contributed by atoms with Crippen molar-refractivity contribution in [1.29, 1.82) is 0 Å². The van der Waals surface area contributed by atoms with Gasteiger partial charge in [-0.05, 0) is 19.1 Å². The molecule has 0 amide bonds. The lowest BCUT2D eigenvalue weighted by Gasteiger charge is -2.33. The highest BCUT2D eigenvalue weighted by molar-refractivity contribution is 6.32. The lowest BCUT2D eigenvalue weighted by molar-refractivity contribution is -0.274. The standard InChI is InChI=1S/C16H13ClF3N5O2/c1-8-7-26-12-11(24(8)2)13(17)23-25-14(21-22-15(12)25)9-4-3-5-10(6-9)27-16(18,19)20/h3-6,8H,7H2,1-2H3. The van der Waals surface area contributed by atoms with E-state index >= 15 is 0 Å². The molecule has 3 aromatic rings. The van der Waals surface area contributed by atoms with Gasteiger partial charge in [0.15, 0.2) is 16.7 Å². The first-order valence-electron chi connectivity index (χ1n) is 7.91. The fourth-order valence-corrected chi connectivity index (χ4v) is 3.13. The SMILES string of the molecule is CC1COc2c(c(Cl)nn3c(-c4cccc(OC(F)(F)F)c4)nnc23)N1C. The molecular formula is C16H13ClF3N5O2. The maximum Gasteiger partial charge on any atom is 0.573 e. The number of anilines is 1. The molecule has 27 heavy (non-hydrogen) atoms. The number of hydrogen-bond donors (Lipinski definition) is 0. The van der Waals surface area contributed by atoms with Crippen LogP contribution in [0.1, 0.15) is 6.92 Å². The Bertz CT molecular complexity index is 1020. The van der Waals surface area contributed by atoms with E-state index in [0.717, 1.165) is 0 Å².